The third-order valence-corrected chi connectivity index (χ3v) is 6.77. The fourth-order valence-corrected chi connectivity index (χ4v) is 5.43. The number of nitrogens with zero attached hydrogens (tertiary/aromatic N) is 2. The van der Waals surface area contributed by atoms with Gasteiger partial charge in [-0.25, -0.2) is 8.42 Å². The molecule has 0 saturated carbocycles. The first-order chi connectivity index (χ1) is 10.2. The fraction of sp³-hybridized carbons (Fsp3) is 0.583. The van der Waals surface area contributed by atoms with Crippen molar-refractivity contribution in [3.05, 3.63) is 24.5 Å². The molecular formula is C12H13F3N2O3S2. The van der Waals surface area contributed by atoms with E-state index < -0.39 is 20.3 Å². The SMILES string of the molecule is O=S(=O)(N1CC2(CC(Oc3cccnc3)CS2)C1)C(F)(F)F. The van der Waals surface area contributed by atoms with Crippen molar-refractivity contribution in [3.63, 3.8) is 0 Å². The standard InChI is InChI=1S/C12H13F3N2O3S2/c13-12(14,15)22(18,19)17-7-11(8-17)4-10(6-21-11)20-9-2-1-3-16-5-9/h1-3,5,10H,4,6-8H2. The lowest BCUT2D eigenvalue weighted by molar-refractivity contribution is -0.0517. The fourth-order valence-electron chi connectivity index (χ4n) is 2.62. The molecule has 0 bridgehead atoms. The van der Waals surface area contributed by atoms with Crippen molar-refractivity contribution in [2.24, 2.45) is 0 Å². The zero-order valence-corrected chi connectivity index (χ0v) is 12.9. The molecular weight excluding hydrogens is 341 g/mol. The molecule has 10 heteroatoms. The van der Waals surface area contributed by atoms with E-state index in [1.807, 2.05) is 0 Å². The van der Waals surface area contributed by atoms with Gasteiger partial charge in [-0.2, -0.15) is 17.5 Å². The highest BCUT2D eigenvalue weighted by Crippen LogP contribution is 2.48. The van der Waals surface area contributed by atoms with Gasteiger partial charge in [0.15, 0.2) is 0 Å². The van der Waals surface area contributed by atoms with E-state index in [-0.39, 0.29) is 19.2 Å². The molecule has 2 aliphatic heterocycles. The van der Waals surface area contributed by atoms with Crippen molar-refractivity contribution < 1.29 is 26.3 Å². The van der Waals surface area contributed by atoms with E-state index in [4.69, 9.17) is 4.74 Å². The van der Waals surface area contributed by atoms with Gasteiger partial charge in [-0.05, 0) is 12.1 Å². The predicted octanol–water partition coefficient (Wildman–Crippen LogP) is 1.87. The van der Waals surface area contributed by atoms with Crippen LogP contribution in [0.3, 0.4) is 0 Å². The summed E-state index contributed by atoms with van der Waals surface area (Å²) in [4.78, 5) is 3.92. The smallest absolute Gasteiger partial charge is 0.488 e. The van der Waals surface area contributed by atoms with Gasteiger partial charge in [-0.3, -0.25) is 4.98 Å². The van der Waals surface area contributed by atoms with E-state index in [2.05, 4.69) is 4.98 Å². The van der Waals surface area contributed by atoms with Crippen molar-refractivity contribution in [1.82, 2.24) is 9.29 Å². The van der Waals surface area contributed by atoms with Crippen LogP contribution in [0.15, 0.2) is 24.5 Å². The van der Waals surface area contributed by atoms with Crippen LogP contribution < -0.4 is 4.74 Å². The molecule has 3 rings (SSSR count). The summed E-state index contributed by atoms with van der Waals surface area (Å²) in [5.41, 5.74) is -5.23. The molecule has 1 unspecified atom stereocenters. The first kappa shape index (κ1) is 15.9. The predicted molar refractivity (Wildman–Crippen MR) is 75.0 cm³/mol. The Morgan fingerprint density at radius 3 is 2.73 bits per heavy atom. The lowest BCUT2D eigenvalue weighted by Crippen LogP contribution is -2.62. The maximum absolute atomic E-state index is 12.5. The zero-order chi connectivity index (χ0) is 16.0. The summed E-state index contributed by atoms with van der Waals surface area (Å²) in [7, 11) is -5.21. The van der Waals surface area contributed by atoms with Crippen LogP contribution in [0, 0.1) is 0 Å². The van der Waals surface area contributed by atoms with Crippen LogP contribution in [0.2, 0.25) is 0 Å². The van der Waals surface area contributed by atoms with E-state index in [1.54, 1.807) is 24.5 Å². The van der Waals surface area contributed by atoms with Gasteiger partial charge in [0.1, 0.15) is 11.9 Å². The van der Waals surface area contributed by atoms with Crippen LogP contribution in [0.1, 0.15) is 6.42 Å². The van der Waals surface area contributed by atoms with Gasteiger partial charge in [0.2, 0.25) is 0 Å². The highest BCUT2D eigenvalue weighted by atomic mass is 32.2. The molecule has 0 radical (unpaired) electrons. The Balaban J connectivity index is 1.59. The van der Waals surface area contributed by atoms with Crippen molar-refractivity contribution >= 4 is 21.8 Å². The molecule has 0 amide bonds. The number of ether oxygens (including phenoxy) is 1. The second-order valence-corrected chi connectivity index (χ2v) is 8.76. The lowest BCUT2D eigenvalue weighted by atomic mass is 9.95. The summed E-state index contributed by atoms with van der Waals surface area (Å²) in [6.07, 6.45) is 3.56. The Hall–Kier alpha value is -1.00. The molecule has 2 aliphatic rings. The van der Waals surface area contributed by atoms with Gasteiger partial charge in [0, 0.05) is 36.2 Å². The second-order valence-electron chi connectivity index (χ2n) is 5.35. The van der Waals surface area contributed by atoms with Crippen LogP contribution in [-0.4, -0.2) is 52.9 Å². The highest BCUT2D eigenvalue weighted by Gasteiger charge is 2.60. The van der Waals surface area contributed by atoms with Gasteiger partial charge >= 0.3 is 15.5 Å². The largest absolute Gasteiger partial charge is 0.511 e. The minimum atomic E-state index is -5.23. The summed E-state index contributed by atoms with van der Waals surface area (Å²) < 4.78 is 65.8. The van der Waals surface area contributed by atoms with E-state index in [1.165, 1.54) is 11.8 Å². The summed E-state index contributed by atoms with van der Waals surface area (Å²) in [6, 6.07) is 3.48. The number of hydrogen-bond acceptors (Lipinski definition) is 5. The first-order valence-corrected chi connectivity index (χ1v) is 8.92. The molecule has 1 aromatic rings. The number of rotatable bonds is 3. The molecule has 0 N–H and O–H groups in total. The minimum absolute atomic E-state index is 0.119. The molecule has 1 atom stereocenters. The Bertz CT molecular complexity index is 645. The molecule has 2 fully saturated rings. The summed E-state index contributed by atoms with van der Waals surface area (Å²) in [6.45, 7) is -0.237. The third-order valence-electron chi connectivity index (χ3n) is 3.67. The first-order valence-electron chi connectivity index (χ1n) is 6.49. The van der Waals surface area contributed by atoms with Crippen molar-refractivity contribution in [3.8, 4) is 5.75 Å². The van der Waals surface area contributed by atoms with Crippen LogP contribution >= 0.6 is 11.8 Å². The quantitative estimate of drug-likeness (QED) is 0.829. The minimum Gasteiger partial charge on any atom is -0.488 e. The Kier molecular flexibility index (Phi) is 3.81. The Labute approximate surface area is 129 Å². The summed E-state index contributed by atoms with van der Waals surface area (Å²) in [5, 5.41) is 0. The highest BCUT2D eigenvalue weighted by molar-refractivity contribution is 8.01. The Morgan fingerprint density at radius 1 is 1.41 bits per heavy atom. The number of hydrogen-bond donors (Lipinski definition) is 0. The normalized spacial score (nSPS) is 25.1. The second kappa shape index (κ2) is 5.27. The number of alkyl halides is 3. The molecule has 1 spiro atoms. The van der Waals surface area contributed by atoms with E-state index in [9.17, 15) is 21.6 Å². The van der Waals surface area contributed by atoms with Gasteiger partial charge in [-0.1, -0.05) is 0 Å². The van der Waals surface area contributed by atoms with Crippen LogP contribution in [-0.2, 0) is 10.0 Å². The maximum atomic E-state index is 12.5. The van der Waals surface area contributed by atoms with Crippen molar-refractivity contribution in [1.29, 1.82) is 0 Å². The third kappa shape index (κ3) is 2.79. The van der Waals surface area contributed by atoms with Crippen molar-refractivity contribution in [2.75, 3.05) is 18.8 Å². The molecule has 22 heavy (non-hydrogen) atoms. The molecule has 0 aromatic carbocycles. The lowest BCUT2D eigenvalue weighted by Gasteiger charge is -2.46. The molecule has 122 valence electrons. The average Bonchev–Trinajstić information content (AvgIpc) is 2.81. The monoisotopic (exact) mass is 354 g/mol. The van der Waals surface area contributed by atoms with Gasteiger partial charge < -0.3 is 4.74 Å². The molecule has 1 aromatic heterocycles. The zero-order valence-electron chi connectivity index (χ0n) is 11.3. The van der Waals surface area contributed by atoms with Crippen molar-refractivity contribution in [2.45, 2.75) is 22.8 Å². The number of pyridine rings is 1. The average molecular weight is 354 g/mol. The van der Waals surface area contributed by atoms with E-state index in [0.29, 0.717) is 22.2 Å². The van der Waals surface area contributed by atoms with Gasteiger partial charge in [-0.15, -0.1) is 11.8 Å². The maximum Gasteiger partial charge on any atom is 0.511 e. The van der Waals surface area contributed by atoms with E-state index in [0.717, 1.165) is 0 Å². The van der Waals surface area contributed by atoms with Gasteiger partial charge in [0.25, 0.3) is 0 Å². The van der Waals surface area contributed by atoms with Gasteiger partial charge in [0.05, 0.1) is 6.20 Å². The Morgan fingerprint density at radius 2 is 2.14 bits per heavy atom. The molecule has 0 aliphatic carbocycles. The number of halogens is 3. The van der Waals surface area contributed by atoms with Crippen LogP contribution in [0.4, 0.5) is 13.2 Å². The number of aromatic nitrogens is 1. The molecule has 5 nitrogen and oxygen atoms in total. The summed E-state index contributed by atoms with van der Waals surface area (Å²) >= 11 is 1.47. The molecule has 3 heterocycles. The number of thioether (sulfide) groups is 1. The van der Waals surface area contributed by atoms with Crippen LogP contribution in [0.25, 0.3) is 0 Å². The summed E-state index contributed by atoms with van der Waals surface area (Å²) in [5.74, 6) is 1.22. The topological polar surface area (TPSA) is 59.5 Å². The molecule has 2 saturated heterocycles. The van der Waals surface area contributed by atoms with E-state index >= 15 is 0 Å². The number of sulfonamides is 1. The van der Waals surface area contributed by atoms with Crippen LogP contribution in [0.5, 0.6) is 5.75 Å².